The van der Waals surface area contributed by atoms with Crippen molar-refractivity contribution in [2.24, 2.45) is 0 Å². The van der Waals surface area contributed by atoms with E-state index >= 15 is 0 Å². The molecule has 1 aliphatic heterocycles. The summed E-state index contributed by atoms with van der Waals surface area (Å²) in [7, 11) is 0. The van der Waals surface area contributed by atoms with Gasteiger partial charge in [-0.15, -0.1) is 0 Å². The van der Waals surface area contributed by atoms with Crippen molar-refractivity contribution in [3.8, 4) is 0 Å². The first-order valence-electron chi connectivity index (χ1n) is 5.63. The molecule has 3 rings (SSSR count). The van der Waals surface area contributed by atoms with Crippen LogP contribution in [0.1, 0.15) is 18.6 Å². The number of fused-ring (bicyclic) bond motifs is 1. The van der Waals surface area contributed by atoms with Crippen molar-refractivity contribution in [2.45, 2.75) is 25.3 Å². The lowest BCUT2D eigenvalue weighted by Gasteiger charge is -2.06. The topological polar surface area (TPSA) is 25.2 Å². The maximum atomic E-state index is 5.79. The number of hydrogen-bond donors (Lipinski definition) is 1. The first kappa shape index (κ1) is 8.98. The molecule has 0 bridgehead atoms. The molecule has 1 atom stereocenters. The summed E-state index contributed by atoms with van der Waals surface area (Å²) in [6, 6.07) is 11.0. The highest BCUT2D eigenvalue weighted by atomic mass is 16.3. The highest BCUT2D eigenvalue weighted by Gasteiger charge is 2.16. The minimum atomic E-state index is 0.616. The molecule has 1 aromatic carbocycles. The van der Waals surface area contributed by atoms with Gasteiger partial charge in [-0.2, -0.15) is 0 Å². The molecule has 2 aromatic rings. The molecule has 15 heavy (non-hydrogen) atoms. The summed E-state index contributed by atoms with van der Waals surface area (Å²) in [6.45, 7) is 1.16. The summed E-state index contributed by atoms with van der Waals surface area (Å²) in [5, 5.41) is 4.70. The first-order valence-corrected chi connectivity index (χ1v) is 5.63. The van der Waals surface area contributed by atoms with Gasteiger partial charge in [-0.1, -0.05) is 18.2 Å². The summed E-state index contributed by atoms with van der Waals surface area (Å²) >= 11 is 0. The van der Waals surface area contributed by atoms with Gasteiger partial charge in [-0.25, -0.2) is 0 Å². The lowest BCUT2D eigenvalue weighted by molar-refractivity contribution is 0.494. The van der Waals surface area contributed by atoms with E-state index in [1.807, 2.05) is 12.1 Å². The van der Waals surface area contributed by atoms with Gasteiger partial charge in [-0.05, 0) is 31.5 Å². The second kappa shape index (κ2) is 3.70. The number of benzene rings is 1. The Morgan fingerprint density at radius 3 is 3.07 bits per heavy atom. The Bertz CT molecular complexity index is 421. The van der Waals surface area contributed by atoms with Crippen LogP contribution in [0.15, 0.2) is 34.7 Å². The second-order valence-electron chi connectivity index (χ2n) is 4.25. The van der Waals surface area contributed by atoms with E-state index in [4.69, 9.17) is 4.42 Å². The minimum absolute atomic E-state index is 0.616. The summed E-state index contributed by atoms with van der Waals surface area (Å²) in [5.74, 6) is 1.11. The fraction of sp³-hybridized carbons (Fsp3) is 0.385. The van der Waals surface area contributed by atoms with Gasteiger partial charge in [0.05, 0.1) is 0 Å². The molecule has 0 spiro atoms. The zero-order valence-corrected chi connectivity index (χ0v) is 8.70. The maximum Gasteiger partial charge on any atom is 0.134 e. The highest BCUT2D eigenvalue weighted by Crippen LogP contribution is 2.21. The third-order valence-corrected chi connectivity index (χ3v) is 3.09. The first-order chi connectivity index (χ1) is 7.42. The number of para-hydroxylation sites is 1. The van der Waals surface area contributed by atoms with Gasteiger partial charge in [0, 0.05) is 17.8 Å². The molecular weight excluding hydrogens is 186 g/mol. The van der Waals surface area contributed by atoms with E-state index in [1.165, 1.54) is 18.2 Å². The van der Waals surface area contributed by atoms with Crippen LogP contribution in [0.5, 0.6) is 0 Å². The van der Waals surface area contributed by atoms with E-state index < -0.39 is 0 Å². The monoisotopic (exact) mass is 201 g/mol. The number of furan rings is 1. The maximum absolute atomic E-state index is 5.79. The Morgan fingerprint density at radius 1 is 1.33 bits per heavy atom. The molecule has 0 saturated carbocycles. The highest BCUT2D eigenvalue weighted by molar-refractivity contribution is 5.77. The normalized spacial score (nSPS) is 21.2. The molecule has 2 nitrogen and oxygen atoms in total. The van der Waals surface area contributed by atoms with E-state index in [9.17, 15) is 0 Å². The van der Waals surface area contributed by atoms with E-state index in [0.29, 0.717) is 6.04 Å². The standard InChI is InChI=1S/C13H15NO/c1-2-6-13-10(4-1)8-12(15-13)9-11-5-3-7-14-11/h1-2,4,6,8,11,14H,3,5,7,9H2/t11-/m0/s1. The third kappa shape index (κ3) is 1.77. The Morgan fingerprint density at radius 2 is 2.27 bits per heavy atom. The molecule has 0 aliphatic carbocycles. The van der Waals surface area contributed by atoms with Crippen molar-refractivity contribution >= 4 is 11.0 Å². The quantitative estimate of drug-likeness (QED) is 0.808. The fourth-order valence-corrected chi connectivity index (χ4v) is 2.31. The predicted octanol–water partition coefficient (Wildman–Crippen LogP) is 2.73. The van der Waals surface area contributed by atoms with Crippen molar-refractivity contribution in [2.75, 3.05) is 6.54 Å². The van der Waals surface area contributed by atoms with Gasteiger partial charge in [0.25, 0.3) is 0 Å². The van der Waals surface area contributed by atoms with E-state index in [-0.39, 0.29) is 0 Å². The second-order valence-corrected chi connectivity index (χ2v) is 4.25. The molecule has 0 unspecified atom stereocenters. The smallest absolute Gasteiger partial charge is 0.134 e. The van der Waals surface area contributed by atoms with Crippen LogP contribution >= 0.6 is 0 Å². The molecule has 1 aliphatic rings. The van der Waals surface area contributed by atoms with Crippen molar-refractivity contribution in [3.05, 3.63) is 36.1 Å². The average Bonchev–Trinajstić information content (AvgIpc) is 2.86. The van der Waals surface area contributed by atoms with Crippen molar-refractivity contribution in [3.63, 3.8) is 0 Å². The van der Waals surface area contributed by atoms with Crippen LogP contribution < -0.4 is 5.32 Å². The summed E-state index contributed by atoms with van der Waals surface area (Å²) in [4.78, 5) is 0. The largest absolute Gasteiger partial charge is 0.461 e. The van der Waals surface area contributed by atoms with Crippen molar-refractivity contribution in [1.29, 1.82) is 0 Å². The Labute approximate surface area is 89.3 Å². The Balaban J connectivity index is 1.84. The minimum Gasteiger partial charge on any atom is -0.461 e. The van der Waals surface area contributed by atoms with Gasteiger partial charge in [0.15, 0.2) is 0 Å². The molecule has 1 N–H and O–H groups in total. The molecule has 1 aromatic heterocycles. The molecule has 2 heteroatoms. The number of rotatable bonds is 2. The summed E-state index contributed by atoms with van der Waals surface area (Å²) in [6.07, 6.45) is 3.59. The Kier molecular flexibility index (Phi) is 2.22. The molecule has 0 amide bonds. The van der Waals surface area contributed by atoms with E-state index in [2.05, 4.69) is 23.5 Å². The predicted molar refractivity (Wildman–Crippen MR) is 60.9 cm³/mol. The zero-order valence-electron chi connectivity index (χ0n) is 8.70. The summed E-state index contributed by atoms with van der Waals surface area (Å²) < 4.78 is 5.79. The van der Waals surface area contributed by atoms with Crippen LogP contribution in [-0.4, -0.2) is 12.6 Å². The molecule has 1 fully saturated rings. The molecule has 78 valence electrons. The number of nitrogens with one attached hydrogen (secondary N) is 1. The van der Waals surface area contributed by atoms with Crippen molar-refractivity contribution < 1.29 is 4.42 Å². The van der Waals surface area contributed by atoms with Gasteiger partial charge in [0.2, 0.25) is 0 Å². The van der Waals surface area contributed by atoms with E-state index in [0.717, 1.165) is 24.3 Å². The van der Waals surface area contributed by atoms with Gasteiger partial charge >= 0.3 is 0 Å². The average molecular weight is 201 g/mol. The van der Waals surface area contributed by atoms with Crippen LogP contribution in [0.2, 0.25) is 0 Å². The SMILES string of the molecule is c1ccc2oc(C[C@@H]3CCCN3)cc2c1. The van der Waals surface area contributed by atoms with Crippen LogP contribution in [-0.2, 0) is 6.42 Å². The van der Waals surface area contributed by atoms with Gasteiger partial charge in [0.1, 0.15) is 11.3 Å². The van der Waals surface area contributed by atoms with Crippen LogP contribution in [0.4, 0.5) is 0 Å². The Hall–Kier alpha value is -1.28. The molecular formula is C13H15NO. The van der Waals surface area contributed by atoms with E-state index in [1.54, 1.807) is 0 Å². The van der Waals surface area contributed by atoms with Gasteiger partial charge in [-0.3, -0.25) is 0 Å². The zero-order chi connectivity index (χ0) is 10.1. The van der Waals surface area contributed by atoms with Crippen LogP contribution in [0.25, 0.3) is 11.0 Å². The molecule has 0 radical (unpaired) electrons. The lowest BCUT2D eigenvalue weighted by atomic mass is 10.1. The molecule has 1 saturated heterocycles. The third-order valence-electron chi connectivity index (χ3n) is 3.09. The van der Waals surface area contributed by atoms with Crippen LogP contribution in [0, 0.1) is 0 Å². The van der Waals surface area contributed by atoms with Crippen LogP contribution in [0.3, 0.4) is 0 Å². The lowest BCUT2D eigenvalue weighted by Crippen LogP contribution is -2.23. The molecule has 2 heterocycles. The fourth-order valence-electron chi connectivity index (χ4n) is 2.31. The van der Waals surface area contributed by atoms with Crippen molar-refractivity contribution in [1.82, 2.24) is 5.32 Å². The van der Waals surface area contributed by atoms with Gasteiger partial charge < -0.3 is 9.73 Å². The number of hydrogen-bond acceptors (Lipinski definition) is 2. The summed E-state index contributed by atoms with van der Waals surface area (Å²) in [5.41, 5.74) is 1.01.